The van der Waals surface area contributed by atoms with Crippen molar-refractivity contribution in [3.8, 4) is 11.5 Å². The molecule has 0 amide bonds. The minimum absolute atomic E-state index is 0.209. The molecule has 9 heteroatoms. The summed E-state index contributed by atoms with van der Waals surface area (Å²) in [6.07, 6.45) is 1.84. The summed E-state index contributed by atoms with van der Waals surface area (Å²) in [6, 6.07) is 8.41. The van der Waals surface area contributed by atoms with Gasteiger partial charge in [-0.05, 0) is 49.6 Å². The number of hydrogen-bond acceptors (Lipinski definition) is 8. The van der Waals surface area contributed by atoms with E-state index in [1.54, 1.807) is 62.2 Å². The lowest BCUT2D eigenvalue weighted by Crippen LogP contribution is -2.40. The summed E-state index contributed by atoms with van der Waals surface area (Å²) in [4.78, 5) is 32.6. The normalized spacial score (nSPS) is 15.9. The second-order valence-electron chi connectivity index (χ2n) is 6.93. The molecule has 2 aromatic heterocycles. The van der Waals surface area contributed by atoms with Crippen LogP contribution in [0.4, 0.5) is 0 Å². The van der Waals surface area contributed by atoms with Gasteiger partial charge in [0.2, 0.25) is 0 Å². The van der Waals surface area contributed by atoms with Crippen LogP contribution in [0.15, 0.2) is 56.8 Å². The van der Waals surface area contributed by atoms with E-state index < -0.39 is 12.0 Å². The van der Waals surface area contributed by atoms with Crippen LogP contribution in [0.2, 0.25) is 0 Å². The first-order valence-electron chi connectivity index (χ1n) is 9.93. The number of hydrogen-bond donors (Lipinski definition) is 0. The summed E-state index contributed by atoms with van der Waals surface area (Å²) in [6.45, 7) is 3.70. The van der Waals surface area contributed by atoms with Crippen molar-refractivity contribution in [2.75, 3.05) is 20.8 Å². The zero-order valence-electron chi connectivity index (χ0n) is 18.1. The summed E-state index contributed by atoms with van der Waals surface area (Å²) in [7, 11) is 3.11. The van der Waals surface area contributed by atoms with Crippen molar-refractivity contribution in [2.24, 2.45) is 4.99 Å². The quantitative estimate of drug-likeness (QED) is 0.518. The van der Waals surface area contributed by atoms with Crippen LogP contribution >= 0.6 is 22.7 Å². The van der Waals surface area contributed by atoms with E-state index >= 15 is 0 Å². The first kappa shape index (κ1) is 22.0. The third kappa shape index (κ3) is 3.89. The number of carbonyl (C=O) groups is 1. The van der Waals surface area contributed by atoms with Gasteiger partial charge in [-0.2, -0.15) is 0 Å². The van der Waals surface area contributed by atoms with Crippen LogP contribution in [0, 0.1) is 0 Å². The fraction of sp³-hybridized carbons (Fsp3) is 0.261. The number of benzene rings is 1. The first-order valence-corrected chi connectivity index (χ1v) is 11.6. The largest absolute Gasteiger partial charge is 0.497 e. The molecule has 0 radical (unpaired) electrons. The van der Waals surface area contributed by atoms with Gasteiger partial charge < -0.3 is 14.2 Å². The number of rotatable bonds is 6. The number of nitrogens with zero attached hydrogens (tertiary/aromatic N) is 2. The minimum atomic E-state index is -0.763. The van der Waals surface area contributed by atoms with Crippen molar-refractivity contribution < 1.29 is 19.0 Å². The van der Waals surface area contributed by atoms with Crippen LogP contribution in [-0.2, 0) is 9.53 Å². The number of methoxy groups -OCH3 is 2. The predicted molar refractivity (Wildman–Crippen MR) is 124 cm³/mol. The molecule has 3 heterocycles. The third-order valence-electron chi connectivity index (χ3n) is 5.07. The lowest BCUT2D eigenvalue weighted by Gasteiger charge is -2.26. The highest BCUT2D eigenvalue weighted by Gasteiger charge is 2.35. The lowest BCUT2D eigenvalue weighted by molar-refractivity contribution is -0.139. The van der Waals surface area contributed by atoms with E-state index in [-0.39, 0.29) is 12.2 Å². The number of esters is 1. The molecule has 0 saturated heterocycles. The number of allylic oxidation sites excluding steroid dienone is 1. The van der Waals surface area contributed by atoms with Gasteiger partial charge >= 0.3 is 5.97 Å². The SMILES string of the molecule is CCOC(=O)C1=C(C)N=c2s/c(=C/c3cccs3)c(=O)n2[C@@H]1c1cc(OC)ccc1OC. The molecule has 1 atom stereocenters. The number of fused-ring (bicyclic) bond motifs is 1. The van der Waals surface area contributed by atoms with Gasteiger partial charge in [0.05, 0.1) is 36.6 Å². The molecule has 0 fully saturated rings. The Balaban J connectivity index is 2.03. The van der Waals surface area contributed by atoms with Crippen molar-refractivity contribution in [1.82, 2.24) is 4.57 Å². The second-order valence-corrected chi connectivity index (χ2v) is 8.91. The van der Waals surface area contributed by atoms with Gasteiger partial charge in [0.1, 0.15) is 17.5 Å². The molecule has 0 saturated carbocycles. The van der Waals surface area contributed by atoms with Crippen molar-refractivity contribution in [2.45, 2.75) is 19.9 Å². The standard InChI is InChI=1S/C23H22N2O5S2/c1-5-30-22(27)19-13(2)24-23-25(21(26)18(32-23)12-15-7-6-10-31-15)20(19)16-11-14(28-3)8-9-17(16)29-4/h6-12,20H,5H2,1-4H3/b18-12+/t20-/m1/s1. The maximum atomic E-state index is 13.6. The molecule has 1 aliphatic heterocycles. The van der Waals surface area contributed by atoms with Gasteiger partial charge in [0.25, 0.3) is 5.56 Å². The minimum Gasteiger partial charge on any atom is -0.497 e. The summed E-state index contributed by atoms with van der Waals surface area (Å²) in [5, 5.41) is 1.95. The Morgan fingerprint density at radius 2 is 2.06 bits per heavy atom. The van der Waals surface area contributed by atoms with E-state index in [4.69, 9.17) is 14.2 Å². The Bertz CT molecular complexity index is 1370. The van der Waals surface area contributed by atoms with Crippen LogP contribution in [0.25, 0.3) is 6.08 Å². The zero-order valence-corrected chi connectivity index (χ0v) is 19.7. The molecule has 7 nitrogen and oxygen atoms in total. The highest BCUT2D eigenvalue weighted by molar-refractivity contribution is 7.11. The van der Waals surface area contributed by atoms with Crippen molar-refractivity contribution in [3.63, 3.8) is 0 Å². The molecule has 4 rings (SSSR count). The highest BCUT2D eigenvalue weighted by Crippen LogP contribution is 2.37. The number of carbonyl (C=O) groups excluding carboxylic acids is 1. The fourth-order valence-corrected chi connectivity index (χ4v) is 5.41. The maximum absolute atomic E-state index is 13.6. The maximum Gasteiger partial charge on any atom is 0.338 e. The Labute approximate surface area is 192 Å². The van der Waals surface area contributed by atoms with Crippen LogP contribution in [0.1, 0.15) is 30.3 Å². The van der Waals surface area contributed by atoms with Crippen molar-refractivity contribution in [1.29, 1.82) is 0 Å². The summed E-state index contributed by atoms with van der Waals surface area (Å²) in [5.41, 5.74) is 1.19. The highest BCUT2D eigenvalue weighted by atomic mass is 32.1. The molecular weight excluding hydrogens is 448 g/mol. The smallest absolute Gasteiger partial charge is 0.338 e. The van der Waals surface area contributed by atoms with Gasteiger partial charge in [0, 0.05) is 10.4 Å². The zero-order chi connectivity index (χ0) is 22.8. The van der Waals surface area contributed by atoms with Crippen molar-refractivity contribution in [3.05, 3.63) is 77.1 Å². The van der Waals surface area contributed by atoms with Gasteiger partial charge in [-0.15, -0.1) is 11.3 Å². The van der Waals surface area contributed by atoms with Gasteiger partial charge in [-0.1, -0.05) is 17.4 Å². The molecule has 0 N–H and O–H groups in total. The van der Waals surface area contributed by atoms with Crippen molar-refractivity contribution >= 4 is 34.7 Å². The molecule has 1 aromatic carbocycles. The summed E-state index contributed by atoms with van der Waals surface area (Å²) in [5.74, 6) is 0.593. The third-order valence-corrected chi connectivity index (χ3v) is 6.87. The first-order chi connectivity index (χ1) is 15.5. The van der Waals surface area contributed by atoms with Crippen LogP contribution in [0.3, 0.4) is 0 Å². The topological polar surface area (TPSA) is 79.1 Å². The number of thiophene rings is 1. The Morgan fingerprint density at radius 3 is 2.72 bits per heavy atom. The predicted octanol–water partition coefficient (Wildman–Crippen LogP) is 2.88. The Hall–Kier alpha value is -3.17. The number of aromatic nitrogens is 1. The van der Waals surface area contributed by atoms with Crippen LogP contribution in [0.5, 0.6) is 11.5 Å². The van der Waals surface area contributed by atoms with E-state index in [1.807, 2.05) is 23.6 Å². The lowest BCUT2D eigenvalue weighted by atomic mass is 9.95. The molecule has 0 bridgehead atoms. The molecule has 32 heavy (non-hydrogen) atoms. The van der Waals surface area contributed by atoms with E-state index in [1.165, 1.54) is 11.3 Å². The van der Waals surface area contributed by atoms with E-state index in [0.717, 1.165) is 4.88 Å². The molecule has 166 valence electrons. The van der Waals surface area contributed by atoms with E-state index in [2.05, 4.69) is 4.99 Å². The molecule has 0 aliphatic carbocycles. The molecular formula is C23H22N2O5S2. The monoisotopic (exact) mass is 470 g/mol. The van der Waals surface area contributed by atoms with E-state index in [9.17, 15) is 9.59 Å². The van der Waals surface area contributed by atoms with Gasteiger partial charge in [0.15, 0.2) is 4.80 Å². The average Bonchev–Trinajstić information content (AvgIpc) is 3.40. The van der Waals surface area contributed by atoms with E-state index in [0.29, 0.717) is 37.7 Å². The Morgan fingerprint density at radius 1 is 1.25 bits per heavy atom. The van der Waals surface area contributed by atoms with Gasteiger partial charge in [-0.25, -0.2) is 9.79 Å². The molecule has 1 aliphatic rings. The molecule has 0 unspecified atom stereocenters. The number of thiazole rings is 1. The fourth-order valence-electron chi connectivity index (χ4n) is 3.64. The average molecular weight is 471 g/mol. The molecule has 0 spiro atoms. The Kier molecular flexibility index (Phi) is 6.29. The molecule has 3 aromatic rings. The second kappa shape index (κ2) is 9.13. The number of ether oxygens (including phenoxy) is 3. The van der Waals surface area contributed by atoms with Gasteiger partial charge in [-0.3, -0.25) is 9.36 Å². The van der Waals surface area contributed by atoms with Crippen LogP contribution < -0.4 is 24.4 Å². The summed E-state index contributed by atoms with van der Waals surface area (Å²) >= 11 is 2.83. The summed E-state index contributed by atoms with van der Waals surface area (Å²) < 4.78 is 18.4. The van der Waals surface area contributed by atoms with Crippen LogP contribution in [-0.4, -0.2) is 31.4 Å².